The Hall–Kier alpha value is -4.84. The summed E-state index contributed by atoms with van der Waals surface area (Å²) in [5, 5.41) is 4.98. The summed E-state index contributed by atoms with van der Waals surface area (Å²) in [5.41, 5.74) is 4.09. The van der Waals surface area contributed by atoms with Gasteiger partial charge in [-0.1, -0.05) is 65.7 Å². The van der Waals surface area contributed by atoms with Crippen molar-refractivity contribution in [2.45, 2.75) is 13.8 Å². The minimum Gasteiger partial charge on any atom is -0.422 e. The predicted octanol–water partition coefficient (Wildman–Crippen LogP) is 5.78. The highest BCUT2D eigenvalue weighted by atomic mass is 16.5. The molecule has 176 valence electrons. The lowest BCUT2D eigenvalue weighted by molar-refractivity contribution is 0.0734. The van der Waals surface area contributed by atoms with Crippen LogP contribution in [0.15, 0.2) is 107 Å². The van der Waals surface area contributed by atoms with Gasteiger partial charge in [-0.15, -0.1) is 0 Å². The van der Waals surface area contributed by atoms with E-state index in [9.17, 15) is 9.59 Å². The van der Waals surface area contributed by atoms with Crippen molar-refractivity contribution in [3.63, 3.8) is 0 Å². The molecule has 0 N–H and O–H groups in total. The molecule has 0 unspecified atom stereocenters. The van der Waals surface area contributed by atoms with Crippen LogP contribution in [0.2, 0.25) is 0 Å². The number of rotatable bonds is 5. The summed E-state index contributed by atoms with van der Waals surface area (Å²) >= 11 is 0. The molecule has 0 bridgehead atoms. The molecule has 5 rings (SSSR count). The molecule has 0 atom stereocenters. The molecule has 1 aromatic heterocycles. The largest absolute Gasteiger partial charge is 0.422 e. The van der Waals surface area contributed by atoms with Crippen LogP contribution in [0.25, 0.3) is 22.3 Å². The Morgan fingerprint density at radius 2 is 1.58 bits per heavy atom. The minimum atomic E-state index is -0.468. The highest BCUT2D eigenvalue weighted by molar-refractivity contribution is 5.93. The molecule has 0 saturated carbocycles. The van der Waals surface area contributed by atoms with Crippen LogP contribution in [-0.4, -0.2) is 21.8 Å². The SMILES string of the molecule is Cc1cccc(C(=O)Oc2ccccc2C=Nn2c(-c3cccc(C)c3)nc3ccccc3c2=O)c1. The van der Waals surface area contributed by atoms with Gasteiger partial charge in [-0.05, 0) is 56.3 Å². The quantitative estimate of drug-likeness (QED) is 0.184. The molecule has 0 aliphatic heterocycles. The number of nitrogens with zero attached hydrogens (tertiary/aromatic N) is 3. The van der Waals surface area contributed by atoms with Gasteiger partial charge in [0.2, 0.25) is 0 Å². The number of fused-ring (bicyclic) bond motifs is 1. The molecule has 0 radical (unpaired) electrons. The fourth-order valence-corrected chi connectivity index (χ4v) is 3.93. The van der Waals surface area contributed by atoms with Crippen LogP contribution in [-0.2, 0) is 0 Å². The third kappa shape index (κ3) is 4.70. The maximum Gasteiger partial charge on any atom is 0.343 e. The fourth-order valence-electron chi connectivity index (χ4n) is 3.93. The summed E-state index contributed by atoms with van der Waals surface area (Å²) in [6.07, 6.45) is 1.51. The number of para-hydroxylation sites is 2. The third-order valence-corrected chi connectivity index (χ3v) is 5.72. The van der Waals surface area contributed by atoms with Crippen LogP contribution in [0.3, 0.4) is 0 Å². The molecule has 0 saturated heterocycles. The second-order valence-corrected chi connectivity index (χ2v) is 8.48. The minimum absolute atomic E-state index is 0.289. The molecule has 36 heavy (non-hydrogen) atoms. The molecular formula is C30H23N3O3. The number of aromatic nitrogens is 2. The van der Waals surface area contributed by atoms with Gasteiger partial charge in [0.15, 0.2) is 5.82 Å². The lowest BCUT2D eigenvalue weighted by Gasteiger charge is -2.11. The predicted molar refractivity (Wildman–Crippen MR) is 142 cm³/mol. The second-order valence-electron chi connectivity index (χ2n) is 8.48. The molecule has 1 heterocycles. The first-order chi connectivity index (χ1) is 17.5. The van der Waals surface area contributed by atoms with E-state index in [1.165, 1.54) is 10.9 Å². The van der Waals surface area contributed by atoms with Gasteiger partial charge < -0.3 is 4.74 Å². The van der Waals surface area contributed by atoms with E-state index in [4.69, 9.17) is 9.72 Å². The van der Waals surface area contributed by atoms with E-state index in [0.29, 0.717) is 33.6 Å². The van der Waals surface area contributed by atoms with E-state index < -0.39 is 5.97 Å². The average molecular weight is 474 g/mol. The number of hydrogen-bond acceptors (Lipinski definition) is 5. The number of benzene rings is 4. The first kappa shape index (κ1) is 22.9. The van der Waals surface area contributed by atoms with Crippen molar-refractivity contribution in [1.29, 1.82) is 0 Å². The molecular weight excluding hydrogens is 450 g/mol. The average Bonchev–Trinajstić information content (AvgIpc) is 2.89. The van der Waals surface area contributed by atoms with Gasteiger partial charge in [0, 0.05) is 11.1 Å². The lowest BCUT2D eigenvalue weighted by atomic mass is 10.1. The van der Waals surface area contributed by atoms with Gasteiger partial charge in [0.25, 0.3) is 5.56 Å². The van der Waals surface area contributed by atoms with Crippen molar-refractivity contribution < 1.29 is 9.53 Å². The highest BCUT2D eigenvalue weighted by Crippen LogP contribution is 2.22. The zero-order valence-electron chi connectivity index (χ0n) is 19.9. The van der Waals surface area contributed by atoms with Crippen LogP contribution in [0.4, 0.5) is 0 Å². The number of carbonyl (C=O) groups is 1. The highest BCUT2D eigenvalue weighted by Gasteiger charge is 2.14. The Kier molecular flexibility index (Phi) is 6.24. The molecule has 6 nitrogen and oxygen atoms in total. The number of aryl methyl sites for hydroxylation is 2. The third-order valence-electron chi connectivity index (χ3n) is 5.72. The van der Waals surface area contributed by atoms with Gasteiger partial charge >= 0.3 is 5.97 Å². The normalized spacial score (nSPS) is 11.2. The first-order valence-electron chi connectivity index (χ1n) is 11.5. The van der Waals surface area contributed by atoms with Crippen molar-refractivity contribution in [2.24, 2.45) is 5.10 Å². The standard InChI is InChI=1S/C30H23N3O3/c1-20-9-7-12-22(17-20)28-32-26-15-5-4-14-25(26)29(34)33(28)31-19-24-11-3-6-16-27(24)36-30(35)23-13-8-10-21(2)18-23/h3-19H,1-2H3. The summed E-state index contributed by atoms with van der Waals surface area (Å²) in [4.78, 5) is 30.9. The Morgan fingerprint density at radius 3 is 2.39 bits per heavy atom. The summed E-state index contributed by atoms with van der Waals surface area (Å²) in [5.74, 6) is 0.295. The van der Waals surface area contributed by atoms with Crippen molar-refractivity contribution in [3.8, 4) is 17.1 Å². The zero-order chi connectivity index (χ0) is 25.1. The Morgan fingerprint density at radius 1 is 0.861 bits per heavy atom. The van der Waals surface area contributed by atoms with Crippen molar-refractivity contribution in [2.75, 3.05) is 0 Å². The number of carbonyl (C=O) groups excluding carboxylic acids is 1. The fraction of sp³-hybridized carbons (Fsp3) is 0.0667. The zero-order valence-corrected chi connectivity index (χ0v) is 19.9. The number of esters is 1. The van der Waals surface area contributed by atoms with Crippen molar-refractivity contribution in [3.05, 3.63) is 130 Å². The molecule has 0 aliphatic carbocycles. The Bertz CT molecular complexity index is 1690. The van der Waals surface area contributed by atoms with E-state index in [0.717, 1.165) is 16.7 Å². The smallest absolute Gasteiger partial charge is 0.343 e. The van der Waals surface area contributed by atoms with E-state index in [-0.39, 0.29) is 5.56 Å². The molecule has 6 heteroatoms. The topological polar surface area (TPSA) is 73.5 Å². The molecule has 0 amide bonds. The van der Waals surface area contributed by atoms with E-state index >= 15 is 0 Å². The van der Waals surface area contributed by atoms with Crippen molar-refractivity contribution >= 4 is 23.1 Å². The van der Waals surface area contributed by atoms with E-state index in [1.807, 2.05) is 68.4 Å². The molecule has 0 aliphatic rings. The van der Waals surface area contributed by atoms with Crippen LogP contribution in [0, 0.1) is 13.8 Å². The van der Waals surface area contributed by atoms with Gasteiger partial charge in [-0.25, -0.2) is 9.78 Å². The van der Waals surface area contributed by atoms with Gasteiger partial charge in [0.1, 0.15) is 5.75 Å². The monoisotopic (exact) mass is 473 g/mol. The second kappa shape index (κ2) is 9.80. The van der Waals surface area contributed by atoms with Crippen LogP contribution >= 0.6 is 0 Å². The summed E-state index contributed by atoms with van der Waals surface area (Å²) in [6.45, 7) is 3.90. The summed E-state index contributed by atoms with van der Waals surface area (Å²) in [6, 6.07) is 29.2. The Labute approximate surface area is 208 Å². The Balaban J connectivity index is 1.58. The van der Waals surface area contributed by atoms with Gasteiger partial charge in [-0.2, -0.15) is 9.78 Å². The molecule has 4 aromatic carbocycles. The van der Waals surface area contributed by atoms with Gasteiger partial charge in [-0.3, -0.25) is 4.79 Å². The maximum absolute atomic E-state index is 13.4. The summed E-state index contributed by atoms with van der Waals surface area (Å²) < 4.78 is 6.96. The molecule has 0 fully saturated rings. The molecule has 5 aromatic rings. The van der Waals surface area contributed by atoms with Crippen LogP contribution in [0.5, 0.6) is 5.75 Å². The van der Waals surface area contributed by atoms with E-state index in [2.05, 4.69) is 5.10 Å². The van der Waals surface area contributed by atoms with Gasteiger partial charge in [0.05, 0.1) is 22.7 Å². The van der Waals surface area contributed by atoms with Crippen LogP contribution < -0.4 is 10.3 Å². The van der Waals surface area contributed by atoms with Crippen molar-refractivity contribution in [1.82, 2.24) is 9.66 Å². The first-order valence-corrected chi connectivity index (χ1v) is 11.5. The number of hydrogen-bond donors (Lipinski definition) is 0. The van der Waals surface area contributed by atoms with Crippen LogP contribution in [0.1, 0.15) is 27.0 Å². The number of ether oxygens (including phenoxy) is 1. The summed E-state index contributed by atoms with van der Waals surface area (Å²) in [7, 11) is 0. The maximum atomic E-state index is 13.4. The van der Waals surface area contributed by atoms with E-state index in [1.54, 1.807) is 42.5 Å². The lowest BCUT2D eigenvalue weighted by Crippen LogP contribution is -2.20. The molecule has 0 spiro atoms.